The fourth-order valence-corrected chi connectivity index (χ4v) is 2.19. The highest BCUT2D eigenvalue weighted by atomic mass is 32.2. The molecule has 1 N–H and O–H groups in total. The molecule has 3 nitrogen and oxygen atoms in total. The predicted octanol–water partition coefficient (Wildman–Crippen LogP) is 0.731. The van der Waals surface area contributed by atoms with Crippen LogP contribution in [0.4, 0.5) is 0 Å². The SMILES string of the molecule is CCS(=O)(=O)CCC1=CCNCC1. The molecule has 0 aromatic heterocycles. The van der Waals surface area contributed by atoms with Crippen molar-refractivity contribution in [2.45, 2.75) is 19.8 Å². The molecule has 0 radical (unpaired) electrons. The van der Waals surface area contributed by atoms with Crippen molar-refractivity contribution in [1.29, 1.82) is 0 Å². The molecule has 0 saturated carbocycles. The molecule has 0 aromatic rings. The Bertz CT molecular complexity index is 280. The predicted molar refractivity (Wildman–Crippen MR) is 54.5 cm³/mol. The van der Waals surface area contributed by atoms with Crippen molar-refractivity contribution in [3.8, 4) is 0 Å². The van der Waals surface area contributed by atoms with E-state index in [2.05, 4.69) is 11.4 Å². The van der Waals surface area contributed by atoms with Crippen molar-refractivity contribution in [3.05, 3.63) is 11.6 Å². The van der Waals surface area contributed by atoms with Crippen LogP contribution in [0.25, 0.3) is 0 Å². The lowest BCUT2D eigenvalue weighted by atomic mass is 10.1. The second-order valence-electron chi connectivity index (χ2n) is 3.30. The maximum atomic E-state index is 11.2. The van der Waals surface area contributed by atoms with E-state index in [0.29, 0.717) is 5.75 Å². The zero-order chi connectivity index (χ0) is 9.73. The fourth-order valence-electron chi connectivity index (χ4n) is 1.33. The van der Waals surface area contributed by atoms with Gasteiger partial charge >= 0.3 is 0 Å². The summed E-state index contributed by atoms with van der Waals surface area (Å²) in [5, 5.41) is 3.20. The van der Waals surface area contributed by atoms with Gasteiger partial charge in [0.1, 0.15) is 9.84 Å². The molecule has 1 rings (SSSR count). The summed E-state index contributed by atoms with van der Waals surface area (Å²) in [5.74, 6) is 0.577. The average Bonchev–Trinajstić information content (AvgIpc) is 2.17. The van der Waals surface area contributed by atoms with Gasteiger partial charge in [0, 0.05) is 12.3 Å². The molecule has 0 atom stereocenters. The van der Waals surface area contributed by atoms with Gasteiger partial charge in [0.25, 0.3) is 0 Å². The van der Waals surface area contributed by atoms with Gasteiger partial charge in [-0.3, -0.25) is 0 Å². The van der Waals surface area contributed by atoms with Crippen LogP contribution in [0.3, 0.4) is 0 Å². The highest BCUT2D eigenvalue weighted by Crippen LogP contribution is 2.10. The van der Waals surface area contributed by atoms with Crippen molar-refractivity contribution < 1.29 is 8.42 Å². The molecular weight excluding hydrogens is 186 g/mol. The zero-order valence-corrected chi connectivity index (χ0v) is 8.86. The van der Waals surface area contributed by atoms with Gasteiger partial charge in [0.15, 0.2) is 0 Å². The molecule has 13 heavy (non-hydrogen) atoms. The summed E-state index contributed by atoms with van der Waals surface area (Å²) in [6.45, 7) is 3.58. The van der Waals surface area contributed by atoms with E-state index in [1.165, 1.54) is 5.57 Å². The van der Waals surface area contributed by atoms with Crippen molar-refractivity contribution in [2.75, 3.05) is 24.6 Å². The summed E-state index contributed by atoms with van der Waals surface area (Å²) in [5.41, 5.74) is 1.29. The first-order valence-electron chi connectivity index (χ1n) is 4.73. The van der Waals surface area contributed by atoms with Gasteiger partial charge in [-0.15, -0.1) is 0 Å². The summed E-state index contributed by atoms with van der Waals surface area (Å²) < 4.78 is 22.4. The standard InChI is InChI=1S/C9H17NO2S/c1-2-13(11,12)8-5-9-3-6-10-7-4-9/h3,10H,2,4-8H2,1H3. The molecular formula is C9H17NO2S. The molecule has 0 unspecified atom stereocenters. The lowest BCUT2D eigenvalue weighted by molar-refractivity contribution is 0.594. The second kappa shape index (κ2) is 4.77. The van der Waals surface area contributed by atoms with Crippen LogP contribution in [-0.4, -0.2) is 33.0 Å². The number of hydrogen-bond acceptors (Lipinski definition) is 3. The van der Waals surface area contributed by atoms with Gasteiger partial charge in [-0.2, -0.15) is 0 Å². The minimum Gasteiger partial charge on any atom is -0.313 e. The van der Waals surface area contributed by atoms with Crippen LogP contribution in [0.5, 0.6) is 0 Å². The molecule has 1 aliphatic heterocycles. The molecule has 76 valence electrons. The Labute approximate surface area is 80.1 Å². The molecule has 1 aliphatic rings. The maximum absolute atomic E-state index is 11.2. The molecule has 0 saturated heterocycles. The lowest BCUT2D eigenvalue weighted by Gasteiger charge is -2.13. The van der Waals surface area contributed by atoms with Gasteiger partial charge in [-0.1, -0.05) is 18.6 Å². The molecule has 0 aliphatic carbocycles. The van der Waals surface area contributed by atoms with Crippen LogP contribution < -0.4 is 5.32 Å². The largest absolute Gasteiger partial charge is 0.313 e. The highest BCUT2D eigenvalue weighted by Gasteiger charge is 2.09. The fraction of sp³-hybridized carbons (Fsp3) is 0.778. The molecule has 0 aromatic carbocycles. The second-order valence-corrected chi connectivity index (χ2v) is 5.78. The van der Waals surface area contributed by atoms with Gasteiger partial charge in [0.05, 0.1) is 5.75 Å². The molecule has 4 heteroatoms. The summed E-state index contributed by atoms with van der Waals surface area (Å²) in [4.78, 5) is 0. The van der Waals surface area contributed by atoms with E-state index in [4.69, 9.17) is 0 Å². The van der Waals surface area contributed by atoms with E-state index in [-0.39, 0.29) is 5.75 Å². The van der Waals surface area contributed by atoms with E-state index in [0.717, 1.165) is 25.9 Å². The third-order valence-electron chi connectivity index (χ3n) is 2.33. The first-order chi connectivity index (χ1) is 6.14. The Kier molecular flexibility index (Phi) is 3.93. The van der Waals surface area contributed by atoms with E-state index >= 15 is 0 Å². The number of nitrogens with one attached hydrogen (secondary N) is 1. The number of rotatable bonds is 4. The average molecular weight is 203 g/mol. The Morgan fingerprint density at radius 3 is 2.85 bits per heavy atom. The minimum absolute atomic E-state index is 0.262. The first-order valence-corrected chi connectivity index (χ1v) is 6.55. The van der Waals surface area contributed by atoms with Crippen LogP contribution in [0, 0.1) is 0 Å². The monoisotopic (exact) mass is 203 g/mol. The van der Waals surface area contributed by atoms with Crippen LogP contribution in [0.2, 0.25) is 0 Å². The van der Waals surface area contributed by atoms with Crippen molar-refractivity contribution >= 4 is 9.84 Å². The first kappa shape index (κ1) is 10.7. The van der Waals surface area contributed by atoms with Crippen LogP contribution >= 0.6 is 0 Å². The van der Waals surface area contributed by atoms with Crippen LogP contribution in [-0.2, 0) is 9.84 Å². The summed E-state index contributed by atoms with van der Waals surface area (Å²) in [6.07, 6.45) is 3.83. The molecule has 0 bridgehead atoms. The van der Waals surface area contributed by atoms with Crippen molar-refractivity contribution in [1.82, 2.24) is 5.32 Å². The van der Waals surface area contributed by atoms with E-state index < -0.39 is 9.84 Å². The minimum atomic E-state index is -2.78. The number of sulfone groups is 1. The van der Waals surface area contributed by atoms with E-state index in [1.54, 1.807) is 6.92 Å². The third-order valence-corrected chi connectivity index (χ3v) is 4.04. The molecule has 0 amide bonds. The smallest absolute Gasteiger partial charge is 0.150 e. The Balaban J connectivity index is 2.38. The Hall–Kier alpha value is -0.350. The molecule has 0 fully saturated rings. The highest BCUT2D eigenvalue weighted by molar-refractivity contribution is 7.91. The topological polar surface area (TPSA) is 46.2 Å². The normalized spacial score (nSPS) is 18.4. The molecule has 0 spiro atoms. The third kappa shape index (κ3) is 3.91. The number of hydrogen-bond donors (Lipinski definition) is 1. The van der Waals surface area contributed by atoms with E-state index in [1.807, 2.05) is 0 Å². The Morgan fingerprint density at radius 1 is 1.54 bits per heavy atom. The van der Waals surface area contributed by atoms with Crippen molar-refractivity contribution in [2.24, 2.45) is 0 Å². The summed E-state index contributed by atoms with van der Waals surface area (Å²) in [7, 11) is -2.78. The summed E-state index contributed by atoms with van der Waals surface area (Å²) >= 11 is 0. The van der Waals surface area contributed by atoms with Crippen molar-refractivity contribution in [3.63, 3.8) is 0 Å². The van der Waals surface area contributed by atoms with Crippen LogP contribution in [0.15, 0.2) is 11.6 Å². The van der Waals surface area contributed by atoms with Gasteiger partial charge in [0.2, 0.25) is 0 Å². The quantitative estimate of drug-likeness (QED) is 0.685. The van der Waals surface area contributed by atoms with Crippen LogP contribution in [0.1, 0.15) is 19.8 Å². The lowest BCUT2D eigenvalue weighted by Crippen LogP contribution is -2.21. The summed E-state index contributed by atoms with van der Waals surface area (Å²) in [6, 6.07) is 0. The van der Waals surface area contributed by atoms with Gasteiger partial charge in [-0.05, 0) is 19.4 Å². The molecule has 1 heterocycles. The van der Waals surface area contributed by atoms with E-state index in [9.17, 15) is 8.42 Å². The maximum Gasteiger partial charge on any atom is 0.150 e. The zero-order valence-electron chi connectivity index (χ0n) is 8.04. The Morgan fingerprint density at radius 2 is 2.31 bits per heavy atom. The van der Waals surface area contributed by atoms with Gasteiger partial charge < -0.3 is 5.32 Å². The van der Waals surface area contributed by atoms with Gasteiger partial charge in [-0.25, -0.2) is 8.42 Å².